The van der Waals surface area contributed by atoms with Crippen molar-refractivity contribution in [2.24, 2.45) is 5.73 Å². The van der Waals surface area contributed by atoms with Crippen LogP contribution in [0.25, 0.3) is 10.9 Å². The van der Waals surface area contributed by atoms with Crippen LogP contribution in [0.1, 0.15) is 22.3 Å². The minimum atomic E-state index is -0.844. The molecule has 2 heterocycles. The van der Waals surface area contributed by atoms with Gasteiger partial charge in [-0.05, 0) is 24.6 Å². The lowest BCUT2D eigenvalue weighted by molar-refractivity contribution is -0.142. The quantitative estimate of drug-likeness (QED) is 0.307. The summed E-state index contributed by atoms with van der Waals surface area (Å²) in [5.74, 6) is -2.44. The highest BCUT2D eigenvalue weighted by Gasteiger charge is 2.36. The van der Waals surface area contributed by atoms with Crippen molar-refractivity contribution in [2.75, 3.05) is 20.3 Å². The number of likely N-dealkylation sites (tertiary alicyclic amines) is 1. The van der Waals surface area contributed by atoms with Crippen LogP contribution in [0.5, 0.6) is 5.75 Å². The third-order valence-corrected chi connectivity index (χ3v) is 6.66. The Morgan fingerprint density at radius 2 is 2.00 bits per heavy atom. The maximum atomic E-state index is 14.2. The van der Waals surface area contributed by atoms with E-state index in [1.165, 1.54) is 34.9 Å². The van der Waals surface area contributed by atoms with Gasteiger partial charge < -0.3 is 30.0 Å². The van der Waals surface area contributed by atoms with Crippen LogP contribution in [-0.4, -0.2) is 59.5 Å². The Morgan fingerprint density at radius 3 is 2.72 bits per heavy atom. The van der Waals surface area contributed by atoms with Gasteiger partial charge in [0.2, 0.25) is 11.8 Å². The molecule has 0 unspecified atom stereocenters. The van der Waals surface area contributed by atoms with Crippen LogP contribution < -0.4 is 15.8 Å². The topological polar surface area (TPSA) is 133 Å². The van der Waals surface area contributed by atoms with Crippen molar-refractivity contribution < 1.29 is 33.0 Å². The number of fused-ring (bicyclic) bond motifs is 1. The number of ether oxygens (including phenoxy) is 2. The van der Waals surface area contributed by atoms with Crippen molar-refractivity contribution >= 4 is 46.2 Å². The van der Waals surface area contributed by atoms with Crippen LogP contribution in [0.15, 0.2) is 54.7 Å². The Morgan fingerprint density at radius 1 is 1.23 bits per heavy atom. The second-order valence-corrected chi connectivity index (χ2v) is 9.41. The van der Waals surface area contributed by atoms with Crippen LogP contribution >= 0.6 is 11.6 Å². The Kier molecular flexibility index (Phi) is 8.20. The number of carbonyl (C=O) groups is 4. The van der Waals surface area contributed by atoms with E-state index < -0.39 is 35.5 Å². The third kappa shape index (κ3) is 6.04. The van der Waals surface area contributed by atoms with Crippen LogP contribution in [0.3, 0.4) is 0 Å². The van der Waals surface area contributed by atoms with E-state index in [9.17, 15) is 23.6 Å². The van der Waals surface area contributed by atoms with E-state index in [0.29, 0.717) is 22.2 Å². The lowest BCUT2D eigenvalue weighted by Crippen LogP contribution is -2.46. The minimum absolute atomic E-state index is 0.0547. The first-order valence-corrected chi connectivity index (χ1v) is 12.3. The molecule has 12 heteroatoms. The number of nitrogens with zero attached hydrogens (tertiary/aromatic N) is 2. The number of hydrogen-bond donors (Lipinski definition) is 2. The van der Waals surface area contributed by atoms with Crippen LogP contribution in [0.2, 0.25) is 5.02 Å². The molecule has 0 spiro atoms. The lowest BCUT2D eigenvalue weighted by Gasteiger charge is -2.24. The fraction of sp³-hybridized carbons (Fsp3) is 0.259. The molecular weight excluding hydrogens is 531 g/mol. The number of nitrogens with one attached hydrogen (secondary N) is 1. The van der Waals surface area contributed by atoms with Gasteiger partial charge in [0.15, 0.2) is 6.61 Å². The number of primary amides is 1. The molecule has 1 aliphatic rings. The van der Waals surface area contributed by atoms with Gasteiger partial charge in [0, 0.05) is 36.3 Å². The van der Waals surface area contributed by atoms with Crippen molar-refractivity contribution in [1.82, 2.24) is 14.8 Å². The van der Waals surface area contributed by atoms with Crippen molar-refractivity contribution in [1.29, 1.82) is 0 Å². The molecule has 3 aromatic rings. The Balaban J connectivity index is 1.53. The maximum Gasteiger partial charge on any atom is 0.343 e. The molecule has 2 aromatic carbocycles. The molecule has 1 aromatic heterocycles. The number of carbonyl (C=O) groups excluding carboxylic acids is 4. The molecule has 0 aliphatic carbocycles. The smallest absolute Gasteiger partial charge is 0.343 e. The first kappa shape index (κ1) is 27.6. The molecule has 10 nitrogen and oxygen atoms in total. The first-order chi connectivity index (χ1) is 18.6. The van der Waals surface area contributed by atoms with Gasteiger partial charge in [-0.3, -0.25) is 14.4 Å². The number of nitrogens with two attached hydrogens (primary N) is 1. The summed E-state index contributed by atoms with van der Waals surface area (Å²) in [5.41, 5.74) is 7.11. The number of hydrogen-bond acceptors (Lipinski definition) is 6. The summed E-state index contributed by atoms with van der Waals surface area (Å²) in [6.07, 6.45) is 1.71. The molecule has 3 N–H and O–H groups in total. The normalized spacial score (nSPS) is 14.9. The maximum absolute atomic E-state index is 14.2. The van der Waals surface area contributed by atoms with E-state index in [1.807, 2.05) is 0 Å². The second kappa shape index (κ2) is 11.6. The van der Waals surface area contributed by atoms with E-state index in [1.54, 1.807) is 24.3 Å². The molecule has 0 radical (unpaired) electrons. The predicted molar refractivity (Wildman–Crippen MR) is 140 cm³/mol. The van der Waals surface area contributed by atoms with Gasteiger partial charge in [-0.2, -0.15) is 0 Å². The number of halogens is 2. The highest BCUT2D eigenvalue weighted by molar-refractivity contribution is 6.30. The molecule has 1 aliphatic heterocycles. The summed E-state index contributed by atoms with van der Waals surface area (Å²) >= 11 is 5.82. The summed E-state index contributed by atoms with van der Waals surface area (Å²) in [5, 5.41) is 3.10. The zero-order chi connectivity index (χ0) is 28.3. The van der Waals surface area contributed by atoms with Gasteiger partial charge in [-0.1, -0.05) is 35.9 Å². The zero-order valence-electron chi connectivity index (χ0n) is 21.0. The summed E-state index contributed by atoms with van der Waals surface area (Å²) in [7, 11) is 1.24. The first-order valence-electron chi connectivity index (χ1n) is 11.9. The van der Waals surface area contributed by atoms with Crippen LogP contribution in [0, 0.1) is 5.82 Å². The molecule has 0 saturated carbocycles. The second-order valence-electron chi connectivity index (χ2n) is 9.00. The van der Waals surface area contributed by atoms with Gasteiger partial charge in [-0.15, -0.1) is 0 Å². The van der Waals surface area contributed by atoms with E-state index >= 15 is 0 Å². The molecule has 4 rings (SSSR count). The SMILES string of the molecule is C=C1C[C@@H](C(=O)NCc2cccc(Cl)c2F)N(C(=O)Cn2cc(C(N)=O)c3ccc(OCC(=O)OC)cc32)C1. The van der Waals surface area contributed by atoms with Gasteiger partial charge in [-0.25, -0.2) is 9.18 Å². The van der Waals surface area contributed by atoms with Gasteiger partial charge in [0.1, 0.15) is 24.2 Å². The molecule has 204 valence electrons. The summed E-state index contributed by atoms with van der Waals surface area (Å²) < 4.78 is 25.8. The van der Waals surface area contributed by atoms with Gasteiger partial charge >= 0.3 is 5.97 Å². The van der Waals surface area contributed by atoms with Crippen molar-refractivity contribution in [3.63, 3.8) is 0 Å². The fourth-order valence-electron chi connectivity index (χ4n) is 4.41. The molecular formula is C27H26ClFN4O6. The Labute approximate surface area is 228 Å². The standard InChI is InChI=1S/C27H26ClFN4O6/c1-15-8-22(27(37)31-10-16-4-3-5-20(28)25(16)29)33(11-15)23(34)13-32-12-19(26(30)36)18-7-6-17(9-21(18)32)39-14-24(35)38-2/h3-7,9,12,22H,1,8,10-11,13-14H2,2H3,(H2,30,36)(H,31,37)/t22-/m0/s1. The van der Waals surface area contributed by atoms with E-state index in [4.69, 9.17) is 22.1 Å². The number of esters is 1. The molecule has 0 bridgehead atoms. The Hall–Kier alpha value is -4.38. The highest BCUT2D eigenvalue weighted by Crippen LogP contribution is 2.28. The average molecular weight is 557 g/mol. The van der Waals surface area contributed by atoms with E-state index in [2.05, 4.69) is 16.6 Å². The van der Waals surface area contributed by atoms with Gasteiger partial charge in [0.25, 0.3) is 5.91 Å². The summed E-state index contributed by atoms with van der Waals surface area (Å²) in [6, 6.07) is 8.40. The number of benzene rings is 2. The molecule has 39 heavy (non-hydrogen) atoms. The lowest BCUT2D eigenvalue weighted by atomic mass is 10.1. The monoisotopic (exact) mass is 556 g/mol. The molecule has 3 amide bonds. The fourth-order valence-corrected chi connectivity index (χ4v) is 4.60. The molecule has 1 fully saturated rings. The van der Waals surface area contributed by atoms with Crippen molar-refractivity contribution in [3.05, 3.63) is 76.7 Å². The average Bonchev–Trinajstić information content (AvgIpc) is 3.48. The number of amides is 3. The minimum Gasteiger partial charge on any atom is -0.482 e. The summed E-state index contributed by atoms with van der Waals surface area (Å²) in [6.45, 7) is 3.45. The van der Waals surface area contributed by atoms with Crippen LogP contribution in [0.4, 0.5) is 4.39 Å². The number of aromatic nitrogens is 1. The largest absolute Gasteiger partial charge is 0.482 e. The predicted octanol–water partition coefficient (Wildman–Crippen LogP) is 2.56. The van der Waals surface area contributed by atoms with E-state index in [-0.39, 0.29) is 48.8 Å². The molecule has 1 saturated heterocycles. The molecule has 1 atom stereocenters. The third-order valence-electron chi connectivity index (χ3n) is 6.37. The Bertz CT molecular complexity index is 1490. The van der Waals surface area contributed by atoms with Crippen molar-refractivity contribution in [2.45, 2.75) is 25.6 Å². The highest BCUT2D eigenvalue weighted by atomic mass is 35.5. The zero-order valence-corrected chi connectivity index (χ0v) is 21.8. The van der Waals surface area contributed by atoms with Crippen LogP contribution in [-0.2, 0) is 32.2 Å². The van der Waals surface area contributed by atoms with E-state index in [0.717, 1.165) is 0 Å². The number of methoxy groups -OCH3 is 1. The number of rotatable bonds is 9. The van der Waals surface area contributed by atoms with Gasteiger partial charge in [0.05, 0.1) is 23.2 Å². The summed E-state index contributed by atoms with van der Waals surface area (Å²) in [4.78, 5) is 51.3. The van der Waals surface area contributed by atoms with Crippen molar-refractivity contribution in [3.8, 4) is 5.75 Å².